The Bertz CT molecular complexity index is 742. The summed E-state index contributed by atoms with van der Waals surface area (Å²) < 4.78 is 10.7. The van der Waals surface area contributed by atoms with Crippen LogP contribution in [0.1, 0.15) is 27.2 Å². The van der Waals surface area contributed by atoms with Crippen molar-refractivity contribution in [3.05, 3.63) is 40.3 Å². The van der Waals surface area contributed by atoms with Gasteiger partial charge >= 0.3 is 0 Å². The Hall–Kier alpha value is -2.21. The third-order valence-electron chi connectivity index (χ3n) is 4.22. The van der Waals surface area contributed by atoms with Crippen molar-refractivity contribution < 1.29 is 14.3 Å². The second-order valence-corrected chi connectivity index (χ2v) is 6.83. The summed E-state index contributed by atoms with van der Waals surface area (Å²) in [4.78, 5) is 15.5. The van der Waals surface area contributed by atoms with E-state index in [4.69, 9.17) is 9.47 Å². The highest BCUT2D eigenvalue weighted by molar-refractivity contribution is 7.18. The van der Waals surface area contributed by atoms with Crippen molar-refractivity contribution in [2.75, 3.05) is 32.7 Å². The van der Waals surface area contributed by atoms with Crippen LogP contribution in [-0.4, -0.2) is 33.7 Å². The number of ether oxygens (including phenoxy) is 2. The lowest BCUT2D eigenvalue weighted by Crippen LogP contribution is -2.22. The van der Waals surface area contributed by atoms with Crippen LogP contribution in [0, 0.1) is 0 Å². The summed E-state index contributed by atoms with van der Waals surface area (Å²) in [6.45, 7) is 1.45. The van der Waals surface area contributed by atoms with Crippen molar-refractivity contribution in [1.29, 1.82) is 0 Å². The van der Waals surface area contributed by atoms with Gasteiger partial charge in [-0.1, -0.05) is 12.1 Å². The van der Waals surface area contributed by atoms with Gasteiger partial charge in [-0.3, -0.25) is 4.79 Å². The Kier molecular flexibility index (Phi) is 4.94. The number of anilines is 1. The van der Waals surface area contributed by atoms with E-state index in [1.54, 1.807) is 25.6 Å². The molecule has 0 saturated carbocycles. The van der Waals surface area contributed by atoms with Crippen LogP contribution < -0.4 is 19.7 Å². The molecule has 1 aromatic heterocycles. The molecule has 1 aliphatic heterocycles. The van der Waals surface area contributed by atoms with E-state index in [9.17, 15) is 4.79 Å². The minimum absolute atomic E-state index is 0.0485. The minimum atomic E-state index is -0.0485. The molecule has 3 rings (SSSR count). The molecule has 5 nitrogen and oxygen atoms in total. The molecule has 24 heavy (non-hydrogen) atoms. The van der Waals surface area contributed by atoms with Gasteiger partial charge in [-0.2, -0.15) is 0 Å². The van der Waals surface area contributed by atoms with Crippen LogP contribution in [0.4, 0.5) is 5.00 Å². The van der Waals surface area contributed by atoms with E-state index in [0.29, 0.717) is 18.0 Å². The summed E-state index contributed by atoms with van der Waals surface area (Å²) >= 11 is 1.56. The first-order valence-corrected chi connectivity index (χ1v) is 8.77. The molecule has 1 N–H and O–H groups in total. The number of nitrogens with one attached hydrogen (secondary N) is 1. The highest BCUT2D eigenvalue weighted by Gasteiger charge is 2.20. The normalized spacial score (nSPS) is 13.4. The molecular weight excluding hydrogens is 324 g/mol. The number of hydrogen-bond acceptors (Lipinski definition) is 5. The summed E-state index contributed by atoms with van der Waals surface area (Å²) in [5, 5.41) is 4.20. The molecule has 0 fully saturated rings. The number of rotatable bonds is 5. The first kappa shape index (κ1) is 16.6. The quantitative estimate of drug-likeness (QED) is 0.904. The van der Waals surface area contributed by atoms with E-state index in [1.165, 1.54) is 10.6 Å². The molecule has 0 atom stereocenters. The summed E-state index contributed by atoms with van der Waals surface area (Å²) in [6.07, 6.45) is 2.19. The lowest BCUT2D eigenvalue weighted by Gasteiger charge is -2.23. The summed E-state index contributed by atoms with van der Waals surface area (Å²) in [6, 6.07) is 7.68. The summed E-state index contributed by atoms with van der Waals surface area (Å²) in [5.74, 6) is 1.27. The third kappa shape index (κ3) is 3.19. The fraction of sp³-hybridized carbons (Fsp3) is 0.389. The maximum absolute atomic E-state index is 12.5. The number of benzene rings is 1. The van der Waals surface area contributed by atoms with Crippen molar-refractivity contribution >= 4 is 22.2 Å². The van der Waals surface area contributed by atoms with Crippen molar-refractivity contribution in [2.45, 2.75) is 19.4 Å². The molecule has 0 unspecified atom stereocenters. The smallest absolute Gasteiger partial charge is 0.261 e. The predicted molar refractivity (Wildman–Crippen MR) is 96.6 cm³/mol. The number of fused-ring (bicyclic) bond motifs is 1. The zero-order valence-electron chi connectivity index (χ0n) is 14.2. The molecule has 0 radical (unpaired) electrons. The van der Waals surface area contributed by atoms with Crippen LogP contribution in [-0.2, 0) is 13.0 Å². The molecular formula is C18H22N2O3S. The maximum atomic E-state index is 12.5. The van der Waals surface area contributed by atoms with E-state index in [1.807, 2.05) is 24.3 Å². The molecule has 6 heteroatoms. The van der Waals surface area contributed by atoms with Crippen molar-refractivity contribution in [1.82, 2.24) is 5.32 Å². The Morgan fingerprint density at radius 1 is 1.33 bits per heavy atom. The van der Waals surface area contributed by atoms with Crippen molar-refractivity contribution in [3.63, 3.8) is 0 Å². The lowest BCUT2D eigenvalue weighted by atomic mass is 10.1. The Balaban J connectivity index is 1.72. The van der Waals surface area contributed by atoms with Gasteiger partial charge in [0.05, 0.1) is 24.1 Å². The second kappa shape index (κ2) is 7.13. The maximum Gasteiger partial charge on any atom is 0.261 e. The van der Waals surface area contributed by atoms with E-state index in [-0.39, 0.29) is 5.91 Å². The van der Waals surface area contributed by atoms with Crippen LogP contribution in [0.25, 0.3) is 0 Å². The van der Waals surface area contributed by atoms with Gasteiger partial charge in [0.2, 0.25) is 0 Å². The number of hydrogen-bond donors (Lipinski definition) is 1. The predicted octanol–water partition coefficient (Wildman–Crippen LogP) is 3.08. The van der Waals surface area contributed by atoms with Crippen LogP contribution in [0.5, 0.6) is 11.5 Å². The highest BCUT2D eigenvalue weighted by atomic mass is 32.1. The Morgan fingerprint density at radius 3 is 2.88 bits per heavy atom. The molecule has 1 aromatic carbocycles. The SMILES string of the molecule is COc1cccc(CNC(=O)c2cc3c(s2)N(C)CCC3)c1OC. The van der Waals surface area contributed by atoms with Gasteiger partial charge in [0.25, 0.3) is 5.91 Å². The average Bonchev–Trinajstić information content (AvgIpc) is 3.05. The standard InChI is InChI=1S/C18H22N2O3S/c1-20-9-5-7-12-10-15(24-18(12)20)17(21)19-11-13-6-4-8-14(22-2)16(13)23-3/h4,6,8,10H,5,7,9,11H2,1-3H3,(H,19,21). The van der Waals surface area contributed by atoms with Gasteiger partial charge in [0.15, 0.2) is 11.5 Å². The zero-order chi connectivity index (χ0) is 17.1. The number of aryl methyl sites for hydroxylation is 1. The van der Waals surface area contributed by atoms with E-state index in [2.05, 4.69) is 17.3 Å². The molecule has 2 aromatic rings. The largest absolute Gasteiger partial charge is 0.493 e. The van der Waals surface area contributed by atoms with Crippen molar-refractivity contribution in [2.24, 2.45) is 0 Å². The Labute approximate surface area is 146 Å². The van der Waals surface area contributed by atoms with Gasteiger partial charge in [-0.05, 0) is 30.5 Å². The van der Waals surface area contributed by atoms with Crippen LogP contribution in [0.15, 0.2) is 24.3 Å². The topological polar surface area (TPSA) is 50.8 Å². The molecule has 1 amide bonds. The lowest BCUT2D eigenvalue weighted by molar-refractivity contribution is 0.0954. The number of amides is 1. The second-order valence-electron chi connectivity index (χ2n) is 5.80. The first-order valence-electron chi connectivity index (χ1n) is 7.96. The fourth-order valence-electron chi connectivity index (χ4n) is 3.00. The minimum Gasteiger partial charge on any atom is -0.493 e. The fourth-order valence-corrected chi connectivity index (χ4v) is 4.11. The molecule has 128 valence electrons. The molecule has 0 bridgehead atoms. The Morgan fingerprint density at radius 2 is 2.17 bits per heavy atom. The molecule has 1 aliphatic rings. The molecule has 2 heterocycles. The van der Waals surface area contributed by atoms with Gasteiger partial charge in [-0.25, -0.2) is 0 Å². The third-order valence-corrected chi connectivity index (χ3v) is 5.51. The van der Waals surface area contributed by atoms with Crippen LogP contribution in [0.2, 0.25) is 0 Å². The molecule has 0 saturated heterocycles. The summed E-state index contributed by atoms with van der Waals surface area (Å²) in [7, 11) is 5.29. The van der Waals surface area contributed by atoms with E-state index < -0.39 is 0 Å². The first-order chi connectivity index (χ1) is 11.6. The number of methoxy groups -OCH3 is 2. The number of nitrogens with zero attached hydrogens (tertiary/aromatic N) is 1. The van der Waals surface area contributed by atoms with Gasteiger partial charge in [-0.15, -0.1) is 11.3 Å². The number of thiophene rings is 1. The summed E-state index contributed by atoms with van der Waals surface area (Å²) in [5.41, 5.74) is 2.17. The van der Waals surface area contributed by atoms with Gasteiger partial charge < -0.3 is 19.7 Å². The monoisotopic (exact) mass is 346 g/mol. The number of carbonyl (C=O) groups is 1. The van der Waals surface area contributed by atoms with Crippen LogP contribution in [0.3, 0.4) is 0 Å². The number of carbonyl (C=O) groups excluding carboxylic acids is 1. The zero-order valence-corrected chi connectivity index (χ0v) is 15.0. The number of para-hydroxylation sites is 1. The van der Waals surface area contributed by atoms with E-state index >= 15 is 0 Å². The van der Waals surface area contributed by atoms with Gasteiger partial charge in [0, 0.05) is 25.7 Å². The highest BCUT2D eigenvalue weighted by Crippen LogP contribution is 2.35. The van der Waals surface area contributed by atoms with E-state index in [0.717, 1.165) is 29.8 Å². The van der Waals surface area contributed by atoms with Crippen LogP contribution >= 0.6 is 11.3 Å². The average molecular weight is 346 g/mol. The molecule has 0 spiro atoms. The van der Waals surface area contributed by atoms with Crippen molar-refractivity contribution in [3.8, 4) is 11.5 Å². The molecule has 0 aliphatic carbocycles. The van der Waals surface area contributed by atoms with Gasteiger partial charge in [0.1, 0.15) is 0 Å².